The van der Waals surface area contributed by atoms with E-state index in [9.17, 15) is 0 Å². The zero-order valence-corrected chi connectivity index (χ0v) is 14.5. The minimum absolute atomic E-state index is 0.803. The molecule has 2 aromatic rings. The van der Waals surface area contributed by atoms with Crippen LogP contribution in [-0.4, -0.2) is 11.4 Å². The van der Waals surface area contributed by atoms with Crippen LogP contribution in [0.2, 0.25) is 5.02 Å². The molecule has 2 N–H and O–H groups in total. The topological polar surface area (TPSA) is 29.3 Å². The first-order valence-corrected chi connectivity index (χ1v) is 8.26. The normalized spacial score (nSPS) is 11.0. The maximum atomic E-state index is 6.32. The minimum atomic E-state index is 0.803. The molecule has 0 atom stereocenters. The third-order valence-corrected chi connectivity index (χ3v) is 4.18. The van der Waals surface area contributed by atoms with Crippen molar-refractivity contribution in [3.63, 3.8) is 0 Å². The van der Waals surface area contributed by atoms with Gasteiger partial charge in [0, 0.05) is 28.3 Å². The van der Waals surface area contributed by atoms with Crippen molar-refractivity contribution in [3.8, 4) is 0 Å². The van der Waals surface area contributed by atoms with Crippen LogP contribution < -0.4 is 5.73 Å². The van der Waals surface area contributed by atoms with E-state index in [0.717, 1.165) is 46.8 Å². The van der Waals surface area contributed by atoms with E-state index >= 15 is 0 Å². The molecule has 0 heterocycles. The van der Waals surface area contributed by atoms with Gasteiger partial charge in [-0.05, 0) is 48.4 Å². The molecule has 4 heteroatoms. The van der Waals surface area contributed by atoms with Gasteiger partial charge in [0.15, 0.2) is 0 Å². The van der Waals surface area contributed by atoms with Gasteiger partial charge >= 0.3 is 0 Å². The maximum Gasteiger partial charge on any atom is 0.0462 e. The molecule has 0 saturated heterocycles. The fourth-order valence-corrected chi connectivity index (χ4v) is 3.04. The lowest BCUT2D eigenvalue weighted by Crippen LogP contribution is -2.23. The van der Waals surface area contributed by atoms with E-state index in [1.54, 1.807) is 0 Å². The molecule has 0 radical (unpaired) electrons. The number of halogens is 2. The van der Waals surface area contributed by atoms with Gasteiger partial charge in [0.2, 0.25) is 0 Å². The fourth-order valence-electron chi connectivity index (χ4n) is 2.30. The lowest BCUT2D eigenvalue weighted by Gasteiger charge is -2.22. The number of rotatable bonds is 6. The largest absolute Gasteiger partial charge is 0.399 e. The van der Waals surface area contributed by atoms with Crippen LogP contribution in [0.25, 0.3) is 0 Å². The van der Waals surface area contributed by atoms with Crippen LogP contribution in [0, 0.1) is 0 Å². The summed E-state index contributed by atoms with van der Waals surface area (Å²) in [5.41, 5.74) is 8.97. The van der Waals surface area contributed by atoms with Crippen LogP contribution in [-0.2, 0) is 13.1 Å². The van der Waals surface area contributed by atoms with Crippen molar-refractivity contribution in [1.29, 1.82) is 0 Å². The molecule has 0 bridgehead atoms. The smallest absolute Gasteiger partial charge is 0.0462 e. The average molecular weight is 368 g/mol. The number of nitrogens with two attached hydrogens (primary N) is 1. The van der Waals surface area contributed by atoms with Crippen molar-refractivity contribution in [3.05, 3.63) is 63.1 Å². The highest BCUT2D eigenvalue weighted by Gasteiger charge is 2.09. The number of anilines is 1. The van der Waals surface area contributed by atoms with Crippen molar-refractivity contribution >= 4 is 33.2 Å². The summed E-state index contributed by atoms with van der Waals surface area (Å²) in [5, 5.41) is 0.808. The number of hydrogen-bond donors (Lipinski definition) is 1. The second-order valence-electron chi connectivity index (χ2n) is 5.19. The molecule has 0 unspecified atom stereocenters. The van der Waals surface area contributed by atoms with Gasteiger partial charge in [-0.15, -0.1) is 0 Å². The number of benzene rings is 2. The molecule has 0 fully saturated rings. The van der Waals surface area contributed by atoms with Crippen LogP contribution in [0.3, 0.4) is 0 Å². The van der Waals surface area contributed by atoms with E-state index in [-0.39, 0.29) is 0 Å². The molecule has 0 aliphatic heterocycles. The summed E-state index contributed by atoms with van der Waals surface area (Å²) in [6.45, 7) is 4.99. The zero-order valence-electron chi connectivity index (χ0n) is 12.2. The quantitative estimate of drug-likeness (QED) is 0.720. The molecule has 0 aliphatic rings. The molecule has 0 aromatic heterocycles. The molecular formula is C17H20BrClN2. The Morgan fingerprint density at radius 1 is 1.10 bits per heavy atom. The maximum absolute atomic E-state index is 6.32. The summed E-state index contributed by atoms with van der Waals surface area (Å²) in [6, 6.07) is 14.1. The van der Waals surface area contributed by atoms with Gasteiger partial charge in [0.1, 0.15) is 0 Å². The van der Waals surface area contributed by atoms with Crippen molar-refractivity contribution in [2.24, 2.45) is 0 Å². The van der Waals surface area contributed by atoms with Crippen LogP contribution >= 0.6 is 27.5 Å². The average Bonchev–Trinajstić information content (AvgIpc) is 2.44. The predicted molar refractivity (Wildman–Crippen MR) is 94.4 cm³/mol. The molecule has 21 heavy (non-hydrogen) atoms. The molecule has 0 saturated carbocycles. The Morgan fingerprint density at radius 3 is 2.43 bits per heavy atom. The van der Waals surface area contributed by atoms with E-state index < -0.39 is 0 Å². The first kappa shape index (κ1) is 16.3. The molecule has 0 spiro atoms. The monoisotopic (exact) mass is 366 g/mol. The second-order valence-corrected chi connectivity index (χ2v) is 6.51. The minimum Gasteiger partial charge on any atom is -0.399 e. The van der Waals surface area contributed by atoms with Gasteiger partial charge in [-0.25, -0.2) is 0 Å². The first-order valence-electron chi connectivity index (χ1n) is 7.09. The van der Waals surface area contributed by atoms with Gasteiger partial charge in [-0.3, -0.25) is 4.90 Å². The summed E-state index contributed by atoms with van der Waals surface area (Å²) < 4.78 is 1.01. The van der Waals surface area contributed by atoms with Crippen LogP contribution in [0.1, 0.15) is 24.5 Å². The number of hydrogen-bond acceptors (Lipinski definition) is 2. The van der Waals surface area contributed by atoms with E-state index in [1.165, 1.54) is 5.56 Å². The lowest BCUT2D eigenvalue weighted by atomic mass is 10.1. The summed E-state index contributed by atoms with van der Waals surface area (Å²) in [6.07, 6.45) is 1.11. The molecule has 2 nitrogen and oxygen atoms in total. The molecule has 0 aliphatic carbocycles. The highest BCUT2D eigenvalue weighted by atomic mass is 79.9. The Morgan fingerprint density at radius 2 is 1.81 bits per heavy atom. The van der Waals surface area contributed by atoms with Gasteiger partial charge in [0.25, 0.3) is 0 Å². The molecule has 2 aromatic carbocycles. The summed E-state index contributed by atoms with van der Waals surface area (Å²) in [5.74, 6) is 0. The zero-order chi connectivity index (χ0) is 15.2. The summed E-state index contributed by atoms with van der Waals surface area (Å²) in [4.78, 5) is 2.40. The van der Waals surface area contributed by atoms with E-state index in [2.05, 4.69) is 46.0 Å². The van der Waals surface area contributed by atoms with E-state index in [1.807, 2.05) is 24.3 Å². The molecule has 2 rings (SSSR count). The molecule has 112 valence electrons. The van der Waals surface area contributed by atoms with Crippen molar-refractivity contribution in [2.45, 2.75) is 26.4 Å². The lowest BCUT2D eigenvalue weighted by molar-refractivity contribution is 0.257. The Bertz CT molecular complexity index is 584. The Hall–Kier alpha value is -1.03. The second kappa shape index (κ2) is 7.83. The van der Waals surface area contributed by atoms with Crippen LogP contribution in [0.4, 0.5) is 5.69 Å². The number of nitrogens with zero attached hydrogens (tertiary/aromatic N) is 1. The number of nitrogen functional groups attached to an aromatic ring is 1. The van der Waals surface area contributed by atoms with Crippen LogP contribution in [0.15, 0.2) is 46.9 Å². The molecule has 0 amide bonds. The highest BCUT2D eigenvalue weighted by molar-refractivity contribution is 9.10. The van der Waals surface area contributed by atoms with Gasteiger partial charge in [0.05, 0.1) is 0 Å². The van der Waals surface area contributed by atoms with Gasteiger partial charge in [-0.1, -0.05) is 52.7 Å². The highest BCUT2D eigenvalue weighted by Crippen LogP contribution is 2.23. The van der Waals surface area contributed by atoms with E-state index in [4.69, 9.17) is 17.3 Å². The standard InChI is InChI=1S/C17H20BrClN2/c1-2-9-21(11-13-3-7-16(20)8-4-13)12-14-5-6-15(18)10-17(14)19/h3-8,10H,2,9,11-12,20H2,1H3. The third-order valence-electron chi connectivity index (χ3n) is 3.33. The first-order chi connectivity index (χ1) is 10.1. The predicted octanol–water partition coefficient (Wildman–Crippen LogP) is 5.10. The summed E-state index contributed by atoms with van der Waals surface area (Å²) >= 11 is 9.77. The van der Waals surface area contributed by atoms with Gasteiger partial charge < -0.3 is 5.73 Å². The van der Waals surface area contributed by atoms with Crippen molar-refractivity contribution in [2.75, 3.05) is 12.3 Å². The fraction of sp³-hybridized carbons (Fsp3) is 0.294. The SMILES string of the molecule is CCCN(Cc1ccc(N)cc1)Cc1ccc(Br)cc1Cl. The van der Waals surface area contributed by atoms with Gasteiger partial charge in [-0.2, -0.15) is 0 Å². The Kier molecular flexibility index (Phi) is 6.09. The Labute approximate surface area is 140 Å². The van der Waals surface area contributed by atoms with Crippen LogP contribution in [0.5, 0.6) is 0 Å². The van der Waals surface area contributed by atoms with Crippen molar-refractivity contribution < 1.29 is 0 Å². The summed E-state index contributed by atoms with van der Waals surface area (Å²) in [7, 11) is 0. The van der Waals surface area contributed by atoms with Crippen molar-refractivity contribution in [1.82, 2.24) is 4.90 Å². The van der Waals surface area contributed by atoms with E-state index in [0.29, 0.717) is 0 Å². The molecular weight excluding hydrogens is 348 g/mol. The Balaban J connectivity index is 2.09. The third kappa shape index (κ3) is 5.03.